The molecule has 0 aliphatic rings. The van der Waals surface area contributed by atoms with E-state index in [-0.39, 0.29) is 5.91 Å². The van der Waals surface area contributed by atoms with Gasteiger partial charge >= 0.3 is 0 Å². The number of aryl methyl sites for hydroxylation is 1. The molecule has 0 saturated heterocycles. The van der Waals surface area contributed by atoms with Gasteiger partial charge in [-0.1, -0.05) is 23.9 Å². The van der Waals surface area contributed by atoms with Gasteiger partial charge in [0.25, 0.3) is 5.22 Å². The summed E-state index contributed by atoms with van der Waals surface area (Å²) >= 11 is 1.45. The Bertz CT molecular complexity index is 585. The molecule has 2 rings (SSSR count). The Balaban J connectivity index is 1.69. The van der Waals surface area contributed by atoms with Crippen molar-refractivity contribution in [2.24, 2.45) is 0 Å². The standard InChI is InChI=1S/C13H16N4O2S/c1-9-16-17-13(19-9)20-8-4-7-12(18)15-11-6-3-2-5-10(11)14/h2-3,5-6H,4,7-8,14H2,1H3,(H,15,18). The van der Waals surface area contributed by atoms with Crippen molar-refractivity contribution >= 4 is 29.0 Å². The second-order valence-electron chi connectivity index (χ2n) is 4.17. The first-order chi connectivity index (χ1) is 9.65. The minimum absolute atomic E-state index is 0.0507. The van der Waals surface area contributed by atoms with Gasteiger partial charge in [0.05, 0.1) is 11.4 Å². The van der Waals surface area contributed by atoms with E-state index in [1.807, 2.05) is 12.1 Å². The highest BCUT2D eigenvalue weighted by molar-refractivity contribution is 7.99. The van der Waals surface area contributed by atoms with Crippen LogP contribution in [0.2, 0.25) is 0 Å². The van der Waals surface area contributed by atoms with Crippen molar-refractivity contribution < 1.29 is 9.21 Å². The van der Waals surface area contributed by atoms with Crippen LogP contribution in [-0.2, 0) is 4.79 Å². The first-order valence-electron chi connectivity index (χ1n) is 6.22. The van der Waals surface area contributed by atoms with Crippen LogP contribution in [0.1, 0.15) is 18.7 Å². The van der Waals surface area contributed by atoms with E-state index >= 15 is 0 Å². The molecule has 3 N–H and O–H groups in total. The normalized spacial score (nSPS) is 10.4. The maximum absolute atomic E-state index is 11.8. The molecule has 1 amide bonds. The van der Waals surface area contributed by atoms with Gasteiger partial charge < -0.3 is 15.5 Å². The van der Waals surface area contributed by atoms with Crippen LogP contribution in [0.5, 0.6) is 0 Å². The molecule has 20 heavy (non-hydrogen) atoms. The lowest BCUT2D eigenvalue weighted by Gasteiger charge is -2.07. The average Bonchev–Trinajstić information content (AvgIpc) is 2.83. The summed E-state index contributed by atoms with van der Waals surface area (Å²) in [6.45, 7) is 1.74. The largest absolute Gasteiger partial charge is 0.416 e. The molecule has 6 nitrogen and oxygen atoms in total. The zero-order chi connectivity index (χ0) is 14.4. The summed E-state index contributed by atoms with van der Waals surface area (Å²) in [6, 6.07) is 7.19. The second-order valence-corrected chi connectivity index (χ2v) is 5.22. The monoisotopic (exact) mass is 292 g/mol. The van der Waals surface area contributed by atoms with Gasteiger partial charge in [0, 0.05) is 19.1 Å². The highest BCUT2D eigenvalue weighted by Crippen LogP contribution is 2.19. The lowest BCUT2D eigenvalue weighted by Crippen LogP contribution is -2.12. The Morgan fingerprint density at radius 3 is 2.90 bits per heavy atom. The maximum atomic E-state index is 11.8. The number of anilines is 2. The fourth-order valence-electron chi connectivity index (χ4n) is 1.55. The van der Waals surface area contributed by atoms with Gasteiger partial charge in [-0.3, -0.25) is 4.79 Å². The van der Waals surface area contributed by atoms with Crippen molar-refractivity contribution in [1.29, 1.82) is 0 Å². The number of nitrogens with one attached hydrogen (secondary N) is 1. The molecular weight excluding hydrogens is 276 g/mol. The predicted octanol–water partition coefficient (Wildman–Crippen LogP) is 2.47. The predicted molar refractivity (Wildman–Crippen MR) is 78.5 cm³/mol. The number of carbonyl (C=O) groups is 1. The Morgan fingerprint density at radius 2 is 2.20 bits per heavy atom. The van der Waals surface area contributed by atoms with E-state index in [9.17, 15) is 4.79 Å². The van der Waals surface area contributed by atoms with E-state index in [0.717, 1.165) is 12.2 Å². The highest BCUT2D eigenvalue weighted by Gasteiger charge is 2.06. The summed E-state index contributed by atoms with van der Waals surface area (Å²) in [7, 11) is 0. The van der Waals surface area contributed by atoms with Crippen LogP contribution >= 0.6 is 11.8 Å². The number of aromatic nitrogens is 2. The molecule has 0 radical (unpaired) electrons. The SMILES string of the molecule is Cc1nnc(SCCCC(=O)Nc2ccccc2N)o1. The summed E-state index contributed by atoms with van der Waals surface area (Å²) in [5, 5.41) is 10.9. The summed E-state index contributed by atoms with van der Waals surface area (Å²) in [5.41, 5.74) is 6.97. The van der Waals surface area contributed by atoms with Gasteiger partial charge in [-0.2, -0.15) is 0 Å². The van der Waals surface area contributed by atoms with Crippen molar-refractivity contribution in [2.75, 3.05) is 16.8 Å². The van der Waals surface area contributed by atoms with Crippen molar-refractivity contribution in [1.82, 2.24) is 10.2 Å². The quantitative estimate of drug-likeness (QED) is 0.482. The maximum Gasteiger partial charge on any atom is 0.276 e. The summed E-state index contributed by atoms with van der Waals surface area (Å²) in [6.07, 6.45) is 1.15. The lowest BCUT2D eigenvalue weighted by molar-refractivity contribution is -0.116. The van der Waals surface area contributed by atoms with E-state index in [1.165, 1.54) is 11.8 Å². The zero-order valence-corrected chi connectivity index (χ0v) is 11.9. The summed E-state index contributed by atoms with van der Waals surface area (Å²) in [4.78, 5) is 11.8. The van der Waals surface area contributed by atoms with Gasteiger partial charge in [-0.05, 0) is 18.6 Å². The molecule has 0 saturated carbocycles. The number of para-hydroxylation sites is 2. The molecule has 0 atom stereocenters. The van der Waals surface area contributed by atoms with E-state index < -0.39 is 0 Å². The minimum atomic E-state index is -0.0507. The van der Waals surface area contributed by atoms with Crippen molar-refractivity contribution in [3.05, 3.63) is 30.2 Å². The summed E-state index contributed by atoms with van der Waals surface area (Å²) in [5.74, 6) is 1.24. The molecule has 1 aromatic heterocycles. The molecule has 1 heterocycles. The third-order valence-corrected chi connectivity index (χ3v) is 3.42. The van der Waals surface area contributed by atoms with Gasteiger partial charge in [0.2, 0.25) is 11.8 Å². The molecule has 0 bridgehead atoms. The van der Waals surface area contributed by atoms with E-state index in [1.54, 1.807) is 19.1 Å². The minimum Gasteiger partial charge on any atom is -0.416 e. The fourth-order valence-corrected chi connectivity index (χ4v) is 2.29. The number of carbonyl (C=O) groups excluding carboxylic acids is 1. The van der Waals surface area contributed by atoms with Crippen LogP contribution < -0.4 is 11.1 Å². The molecule has 7 heteroatoms. The lowest BCUT2D eigenvalue weighted by atomic mass is 10.2. The van der Waals surface area contributed by atoms with Crippen molar-refractivity contribution in [3.63, 3.8) is 0 Å². The molecule has 0 fully saturated rings. The fraction of sp³-hybridized carbons (Fsp3) is 0.308. The Labute approximate surface area is 121 Å². The molecule has 106 valence electrons. The van der Waals surface area contributed by atoms with Crippen molar-refractivity contribution in [2.45, 2.75) is 25.0 Å². The molecule has 0 aliphatic carbocycles. The van der Waals surface area contributed by atoms with E-state index in [4.69, 9.17) is 10.2 Å². The third-order valence-electron chi connectivity index (χ3n) is 2.52. The Hall–Kier alpha value is -2.02. The molecular formula is C13H16N4O2S. The molecule has 1 aromatic carbocycles. The Kier molecular flexibility index (Phi) is 5.00. The van der Waals surface area contributed by atoms with E-state index in [0.29, 0.717) is 28.9 Å². The first kappa shape index (κ1) is 14.4. The number of nitrogens with zero attached hydrogens (tertiary/aromatic N) is 2. The Morgan fingerprint density at radius 1 is 1.40 bits per heavy atom. The number of benzene rings is 1. The van der Waals surface area contributed by atoms with Crippen LogP contribution in [0.25, 0.3) is 0 Å². The third kappa shape index (κ3) is 4.27. The average molecular weight is 292 g/mol. The number of rotatable bonds is 6. The number of amides is 1. The van der Waals surface area contributed by atoms with Crippen LogP contribution in [0.3, 0.4) is 0 Å². The van der Waals surface area contributed by atoms with Gasteiger partial charge in [-0.25, -0.2) is 0 Å². The van der Waals surface area contributed by atoms with Crippen molar-refractivity contribution in [3.8, 4) is 0 Å². The number of hydrogen-bond acceptors (Lipinski definition) is 6. The van der Waals surface area contributed by atoms with E-state index in [2.05, 4.69) is 15.5 Å². The zero-order valence-electron chi connectivity index (χ0n) is 11.1. The number of hydrogen-bond donors (Lipinski definition) is 2. The van der Waals surface area contributed by atoms with Gasteiger partial charge in [-0.15, -0.1) is 10.2 Å². The van der Waals surface area contributed by atoms with Gasteiger partial charge in [0.15, 0.2) is 0 Å². The number of nitrogen functional groups attached to an aromatic ring is 1. The van der Waals surface area contributed by atoms with Crippen LogP contribution in [0, 0.1) is 6.92 Å². The molecule has 0 unspecified atom stereocenters. The first-order valence-corrected chi connectivity index (χ1v) is 7.21. The molecule has 0 spiro atoms. The van der Waals surface area contributed by atoms with Crippen LogP contribution in [0.15, 0.2) is 33.9 Å². The van der Waals surface area contributed by atoms with Gasteiger partial charge in [0.1, 0.15) is 0 Å². The molecule has 2 aromatic rings. The van der Waals surface area contributed by atoms with Crippen LogP contribution in [-0.4, -0.2) is 21.9 Å². The second kappa shape index (κ2) is 6.95. The highest BCUT2D eigenvalue weighted by atomic mass is 32.2. The topological polar surface area (TPSA) is 94.0 Å². The van der Waals surface area contributed by atoms with Crippen LogP contribution in [0.4, 0.5) is 11.4 Å². The number of thioether (sulfide) groups is 1. The molecule has 0 aliphatic heterocycles. The summed E-state index contributed by atoms with van der Waals surface area (Å²) < 4.78 is 5.23. The number of nitrogens with two attached hydrogens (primary N) is 1. The smallest absolute Gasteiger partial charge is 0.276 e.